The van der Waals surface area contributed by atoms with E-state index in [4.69, 9.17) is 11.6 Å². The number of carbonyl (C=O) groups excluding carboxylic acids is 2. The van der Waals surface area contributed by atoms with Crippen LogP contribution in [0.4, 0.5) is 30.4 Å². The standard InChI is InChI=1S/C29H28ClF3N6O3/c1-15-6-19(29(31,32)33)9-23(36-15)39-24(41)8-18-13-38(12-16-7-17-11-34-21(14-40)25(17)35-10-16)27-20(30)4-3-5-22(27)37(2)28(42)26(18)39/h3-7,9-10,18,21,26,34,40H,8,11-14H2,1-2H3/t18-,21?,26+/m1/s1. The van der Waals surface area contributed by atoms with Crippen molar-refractivity contribution in [3.05, 3.63) is 75.7 Å². The Morgan fingerprint density at radius 2 is 1.98 bits per heavy atom. The molecule has 220 valence electrons. The monoisotopic (exact) mass is 600 g/mol. The minimum Gasteiger partial charge on any atom is -0.394 e. The summed E-state index contributed by atoms with van der Waals surface area (Å²) in [6.45, 7) is 2.50. The van der Waals surface area contributed by atoms with Crippen LogP contribution in [0.2, 0.25) is 5.02 Å². The smallest absolute Gasteiger partial charge is 0.394 e. The third-order valence-electron chi connectivity index (χ3n) is 8.11. The molecule has 2 N–H and O–H groups in total. The summed E-state index contributed by atoms with van der Waals surface area (Å²) < 4.78 is 41.0. The number of rotatable bonds is 4. The lowest BCUT2D eigenvalue weighted by Crippen LogP contribution is -2.52. The van der Waals surface area contributed by atoms with Crippen molar-refractivity contribution in [1.82, 2.24) is 15.3 Å². The quantitative estimate of drug-likeness (QED) is 0.467. The summed E-state index contributed by atoms with van der Waals surface area (Å²) in [5, 5.41) is 13.3. The van der Waals surface area contributed by atoms with E-state index >= 15 is 0 Å². The molecule has 3 aliphatic heterocycles. The molecular formula is C29H28ClF3N6O3. The van der Waals surface area contributed by atoms with Crippen molar-refractivity contribution in [2.75, 3.05) is 34.9 Å². The van der Waals surface area contributed by atoms with Crippen LogP contribution in [-0.2, 0) is 28.9 Å². The number of anilines is 3. The molecule has 0 radical (unpaired) electrons. The molecule has 1 unspecified atom stereocenters. The molecule has 1 aromatic carbocycles. The fourth-order valence-electron chi connectivity index (χ4n) is 6.22. The Morgan fingerprint density at radius 3 is 2.71 bits per heavy atom. The molecule has 0 aliphatic carbocycles. The number of amides is 2. The average molecular weight is 601 g/mol. The van der Waals surface area contributed by atoms with Gasteiger partial charge in [0.05, 0.1) is 40.3 Å². The number of pyridine rings is 2. The molecule has 3 atom stereocenters. The number of likely N-dealkylation sites (N-methyl/N-ethyl adjacent to an activating group) is 1. The van der Waals surface area contributed by atoms with Crippen LogP contribution < -0.4 is 20.0 Å². The van der Waals surface area contributed by atoms with Crippen molar-refractivity contribution >= 4 is 40.6 Å². The number of aromatic nitrogens is 2. The van der Waals surface area contributed by atoms with E-state index in [0.717, 1.165) is 33.9 Å². The van der Waals surface area contributed by atoms with E-state index in [1.54, 1.807) is 31.4 Å². The van der Waals surface area contributed by atoms with Gasteiger partial charge in [0, 0.05) is 50.9 Å². The Balaban J connectivity index is 1.41. The lowest BCUT2D eigenvalue weighted by molar-refractivity contribution is -0.137. The van der Waals surface area contributed by atoms with Crippen LogP contribution in [0.1, 0.15) is 40.5 Å². The number of para-hydroxylation sites is 1. The summed E-state index contributed by atoms with van der Waals surface area (Å²) in [6, 6.07) is 7.64. The van der Waals surface area contributed by atoms with Gasteiger partial charge in [-0.2, -0.15) is 13.2 Å². The Kier molecular flexibility index (Phi) is 7.11. The first-order chi connectivity index (χ1) is 20.0. The first-order valence-electron chi connectivity index (χ1n) is 13.5. The van der Waals surface area contributed by atoms with E-state index in [1.165, 1.54) is 11.8 Å². The molecule has 6 rings (SSSR count). The van der Waals surface area contributed by atoms with Crippen molar-refractivity contribution in [3.63, 3.8) is 0 Å². The Hall–Kier alpha value is -3.74. The van der Waals surface area contributed by atoms with Crippen molar-refractivity contribution in [1.29, 1.82) is 0 Å². The maximum absolute atomic E-state index is 14.0. The molecule has 5 heterocycles. The maximum atomic E-state index is 14.0. The number of fused-ring (bicyclic) bond motifs is 3. The number of halogens is 4. The van der Waals surface area contributed by atoms with Crippen LogP contribution in [0.3, 0.4) is 0 Å². The molecule has 9 nitrogen and oxygen atoms in total. The van der Waals surface area contributed by atoms with E-state index < -0.39 is 35.5 Å². The molecule has 3 aliphatic rings. The normalized spacial score (nSPS) is 22.2. The van der Waals surface area contributed by atoms with E-state index in [1.807, 2.05) is 11.0 Å². The number of nitrogens with one attached hydrogen (secondary N) is 1. The molecule has 1 fully saturated rings. The number of hydrogen-bond acceptors (Lipinski definition) is 7. The summed E-state index contributed by atoms with van der Waals surface area (Å²) in [5.41, 5.74) is 2.89. The molecule has 0 saturated carbocycles. The minimum absolute atomic E-state index is 0.0535. The van der Waals surface area contributed by atoms with Crippen molar-refractivity contribution in [2.45, 2.75) is 44.7 Å². The second-order valence-corrected chi connectivity index (χ2v) is 11.3. The van der Waals surface area contributed by atoms with Gasteiger partial charge in [0.25, 0.3) is 0 Å². The van der Waals surface area contributed by atoms with Crippen LogP contribution >= 0.6 is 11.6 Å². The lowest BCUT2D eigenvalue weighted by Gasteiger charge is -2.39. The van der Waals surface area contributed by atoms with Crippen molar-refractivity contribution in [2.24, 2.45) is 5.92 Å². The van der Waals surface area contributed by atoms with Gasteiger partial charge in [-0.3, -0.25) is 19.5 Å². The summed E-state index contributed by atoms with van der Waals surface area (Å²) >= 11 is 6.72. The van der Waals surface area contributed by atoms with E-state index in [2.05, 4.69) is 15.3 Å². The second-order valence-electron chi connectivity index (χ2n) is 10.9. The highest BCUT2D eigenvalue weighted by Crippen LogP contribution is 2.43. The molecule has 13 heteroatoms. The minimum atomic E-state index is -4.64. The Bertz CT molecular complexity index is 1580. The number of aliphatic hydroxyl groups excluding tert-OH is 1. The predicted octanol–water partition coefficient (Wildman–Crippen LogP) is 4.00. The van der Waals surface area contributed by atoms with Gasteiger partial charge in [-0.05, 0) is 48.4 Å². The number of aryl methyl sites for hydroxylation is 1. The zero-order valence-electron chi connectivity index (χ0n) is 22.8. The van der Waals surface area contributed by atoms with E-state index in [-0.39, 0.29) is 37.1 Å². The summed E-state index contributed by atoms with van der Waals surface area (Å²) in [5.74, 6) is -1.67. The zero-order valence-corrected chi connectivity index (χ0v) is 23.6. The second kappa shape index (κ2) is 10.5. The van der Waals surface area contributed by atoms with Crippen LogP contribution in [0.5, 0.6) is 0 Å². The molecule has 2 amide bonds. The number of benzene rings is 1. The summed E-state index contributed by atoms with van der Waals surface area (Å²) in [7, 11) is 1.57. The fourth-order valence-corrected chi connectivity index (χ4v) is 6.51. The maximum Gasteiger partial charge on any atom is 0.416 e. The SMILES string of the molecule is Cc1cc(C(F)(F)F)cc(N2C(=O)C[C@@H]3CN(Cc4cnc5c(c4)CNC5CO)c4c(Cl)cccc4N(C)C(=O)[C@H]32)n1. The molecule has 1 saturated heterocycles. The average Bonchev–Trinajstić information content (AvgIpc) is 3.49. The number of carbonyl (C=O) groups is 2. The summed E-state index contributed by atoms with van der Waals surface area (Å²) in [6.07, 6.45) is -2.96. The van der Waals surface area contributed by atoms with Gasteiger partial charge < -0.3 is 20.2 Å². The molecule has 2 aromatic heterocycles. The Morgan fingerprint density at radius 1 is 1.19 bits per heavy atom. The lowest BCUT2D eigenvalue weighted by atomic mass is 9.95. The Labute approximate surface area is 244 Å². The van der Waals surface area contributed by atoms with Crippen LogP contribution in [0, 0.1) is 12.8 Å². The molecule has 42 heavy (non-hydrogen) atoms. The first-order valence-corrected chi connectivity index (χ1v) is 13.8. The third kappa shape index (κ3) is 4.87. The van der Waals surface area contributed by atoms with Gasteiger partial charge in [-0.15, -0.1) is 0 Å². The van der Waals surface area contributed by atoms with Gasteiger partial charge in [-0.25, -0.2) is 4.98 Å². The largest absolute Gasteiger partial charge is 0.416 e. The van der Waals surface area contributed by atoms with Crippen LogP contribution in [-0.4, -0.2) is 53.1 Å². The molecule has 0 spiro atoms. The zero-order chi connectivity index (χ0) is 29.9. The van der Waals surface area contributed by atoms with Gasteiger partial charge in [-0.1, -0.05) is 17.7 Å². The topological polar surface area (TPSA) is 102 Å². The highest BCUT2D eigenvalue weighted by Gasteiger charge is 2.49. The number of aliphatic hydroxyl groups is 1. The molecular weight excluding hydrogens is 573 g/mol. The fraction of sp³-hybridized carbons (Fsp3) is 0.379. The highest BCUT2D eigenvalue weighted by molar-refractivity contribution is 6.34. The van der Waals surface area contributed by atoms with E-state index in [9.17, 15) is 27.9 Å². The summed E-state index contributed by atoms with van der Waals surface area (Å²) in [4.78, 5) is 40.8. The van der Waals surface area contributed by atoms with Crippen molar-refractivity contribution in [3.8, 4) is 0 Å². The van der Waals surface area contributed by atoms with Gasteiger partial charge >= 0.3 is 6.18 Å². The van der Waals surface area contributed by atoms with Gasteiger partial charge in [0.1, 0.15) is 11.9 Å². The number of hydrogen-bond donors (Lipinski definition) is 2. The van der Waals surface area contributed by atoms with Crippen LogP contribution in [0.15, 0.2) is 42.6 Å². The van der Waals surface area contributed by atoms with Gasteiger partial charge in [0.2, 0.25) is 11.8 Å². The third-order valence-corrected chi connectivity index (χ3v) is 8.41. The van der Waals surface area contributed by atoms with Crippen molar-refractivity contribution < 1.29 is 27.9 Å². The molecule has 0 bridgehead atoms. The highest BCUT2D eigenvalue weighted by atomic mass is 35.5. The number of alkyl halides is 3. The van der Waals surface area contributed by atoms with Gasteiger partial charge in [0.15, 0.2) is 0 Å². The number of nitrogens with zero attached hydrogens (tertiary/aromatic N) is 5. The first kappa shape index (κ1) is 28.4. The van der Waals surface area contributed by atoms with Crippen LogP contribution in [0.25, 0.3) is 0 Å². The predicted molar refractivity (Wildman–Crippen MR) is 150 cm³/mol. The van der Waals surface area contributed by atoms with E-state index in [0.29, 0.717) is 29.5 Å². The molecule has 3 aromatic rings.